The van der Waals surface area contributed by atoms with Crippen LogP contribution in [0, 0.1) is 0 Å². The molecule has 2 heterocycles. The van der Waals surface area contributed by atoms with Crippen LogP contribution in [0.25, 0.3) is 0 Å². The fraction of sp³-hybridized carbons (Fsp3) is 0.684. The molecule has 0 aromatic carbocycles. The first kappa shape index (κ1) is 22.5. The third kappa shape index (κ3) is 6.67. The minimum absolute atomic E-state index is 0. The number of nitrogens with one attached hydrogen (secondary N) is 2. The largest absolute Gasteiger partial charge is 0.354 e. The van der Waals surface area contributed by atoms with E-state index >= 15 is 0 Å². The van der Waals surface area contributed by atoms with Crippen LogP contribution in [0.2, 0.25) is 0 Å². The van der Waals surface area contributed by atoms with Crippen LogP contribution < -0.4 is 15.5 Å². The molecule has 1 aromatic rings. The van der Waals surface area contributed by atoms with Crippen molar-refractivity contribution in [1.82, 2.24) is 20.5 Å². The summed E-state index contributed by atoms with van der Waals surface area (Å²) in [6.45, 7) is 5.05. The van der Waals surface area contributed by atoms with Crippen molar-refractivity contribution in [3.8, 4) is 0 Å². The van der Waals surface area contributed by atoms with Crippen molar-refractivity contribution in [3.63, 3.8) is 0 Å². The average Bonchev–Trinajstić information content (AvgIpc) is 3.13. The topological polar surface area (TPSA) is 55.8 Å². The van der Waals surface area contributed by atoms with Crippen LogP contribution >= 0.6 is 35.7 Å². The van der Waals surface area contributed by atoms with Gasteiger partial charge < -0.3 is 20.4 Å². The lowest BCUT2D eigenvalue weighted by atomic mass is 10.2. The summed E-state index contributed by atoms with van der Waals surface area (Å²) in [6.07, 6.45) is 7.89. The first-order chi connectivity index (χ1) is 12.7. The van der Waals surface area contributed by atoms with E-state index in [-0.39, 0.29) is 24.0 Å². The second-order valence-electron chi connectivity index (χ2n) is 7.25. The normalized spacial score (nSPS) is 23.8. The van der Waals surface area contributed by atoms with Crippen LogP contribution in [0.15, 0.2) is 23.3 Å². The van der Waals surface area contributed by atoms with E-state index in [9.17, 15) is 0 Å². The Balaban J connectivity index is 0.00000261. The number of pyridine rings is 1. The van der Waals surface area contributed by atoms with Gasteiger partial charge in [-0.1, -0.05) is 0 Å². The molecule has 0 bridgehead atoms. The van der Waals surface area contributed by atoms with Gasteiger partial charge >= 0.3 is 0 Å². The van der Waals surface area contributed by atoms with Gasteiger partial charge in [0.15, 0.2) is 5.96 Å². The van der Waals surface area contributed by atoms with Crippen molar-refractivity contribution in [3.05, 3.63) is 23.9 Å². The number of piperazine rings is 1. The monoisotopic (exact) mass is 504 g/mol. The predicted molar refractivity (Wildman–Crippen MR) is 128 cm³/mol. The summed E-state index contributed by atoms with van der Waals surface area (Å²) in [5, 5.41) is 7.83. The Morgan fingerprint density at radius 3 is 2.74 bits per heavy atom. The van der Waals surface area contributed by atoms with Crippen LogP contribution in [-0.2, 0) is 6.54 Å². The standard InChI is InChI=1S/C19H32N6S.HI/c1-20-19(23-16-4-5-17(13-16)26-3)22-14-15-6-7-21-18(12-15)25-10-8-24(2)9-11-25;/h6-7,12,16-17H,4-5,8-11,13-14H2,1-3H3,(H2,20,22,23);1H. The first-order valence-electron chi connectivity index (χ1n) is 9.56. The van der Waals surface area contributed by atoms with E-state index < -0.39 is 0 Å². The number of halogens is 1. The van der Waals surface area contributed by atoms with Crippen molar-refractivity contribution < 1.29 is 0 Å². The van der Waals surface area contributed by atoms with Crippen LogP contribution in [0.1, 0.15) is 24.8 Å². The van der Waals surface area contributed by atoms with Crippen LogP contribution in [-0.4, -0.2) is 73.7 Å². The molecule has 2 unspecified atom stereocenters. The van der Waals surface area contributed by atoms with Crippen LogP contribution in [0.3, 0.4) is 0 Å². The Labute approximate surface area is 185 Å². The molecule has 8 heteroatoms. The van der Waals surface area contributed by atoms with E-state index in [1.807, 2.05) is 25.0 Å². The van der Waals surface area contributed by atoms with Crippen molar-refractivity contribution in [2.45, 2.75) is 37.1 Å². The molecule has 2 aliphatic rings. The molecule has 27 heavy (non-hydrogen) atoms. The molecule has 0 spiro atoms. The van der Waals surface area contributed by atoms with Gasteiger partial charge in [0.25, 0.3) is 0 Å². The zero-order valence-electron chi connectivity index (χ0n) is 16.6. The molecule has 1 saturated heterocycles. The molecular formula is C19H33IN6S. The Kier molecular flexibility index (Phi) is 9.44. The van der Waals surface area contributed by atoms with Gasteiger partial charge in [0.1, 0.15) is 5.82 Å². The second kappa shape index (κ2) is 11.3. The maximum Gasteiger partial charge on any atom is 0.191 e. The number of aliphatic imine (C=N–C) groups is 1. The van der Waals surface area contributed by atoms with Crippen molar-refractivity contribution in [2.24, 2.45) is 4.99 Å². The number of hydrogen-bond acceptors (Lipinski definition) is 5. The summed E-state index contributed by atoms with van der Waals surface area (Å²) in [6, 6.07) is 4.82. The summed E-state index contributed by atoms with van der Waals surface area (Å²) in [5.74, 6) is 1.98. The minimum Gasteiger partial charge on any atom is -0.354 e. The molecule has 1 aromatic heterocycles. The SMILES string of the molecule is CN=C(NCc1ccnc(N2CCN(C)CC2)c1)NC1CCC(SC)C1.I. The first-order valence-corrected chi connectivity index (χ1v) is 10.8. The molecule has 1 aliphatic carbocycles. The van der Waals surface area contributed by atoms with Crippen molar-refractivity contribution in [1.29, 1.82) is 0 Å². The summed E-state index contributed by atoms with van der Waals surface area (Å²) < 4.78 is 0. The Bertz CT molecular complexity index is 606. The molecule has 2 fully saturated rings. The molecule has 0 amide bonds. The van der Waals surface area contributed by atoms with Gasteiger partial charge in [-0.3, -0.25) is 4.99 Å². The fourth-order valence-corrected chi connectivity index (χ4v) is 4.43. The lowest BCUT2D eigenvalue weighted by molar-refractivity contribution is 0.312. The Morgan fingerprint density at radius 1 is 1.30 bits per heavy atom. The maximum atomic E-state index is 4.57. The third-order valence-electron chi connectivity index (χ3n) is 5.38. The average molecular weight is 504 g/mol. The van der Waals surface area contributed by atoms with E-state index in [0.717, 1.165) is 49.8 Å². The minimum atomic E-state index is 0. The zero-order valence-corrected chi connectivity index (χ0v) is 19.8. The third-order valence-corrected chi connectivity index (χ3v) is 6.47. The number of nitrogens with zero attached hydrogens (tertiary/aromatic N) is 4. The highest BCUT2D eigenvalue weighted by Gasteiger charge is 2.24. The molecular weight excluding hydrogens is 471 g/mol. The summed E-state index contributed by atoms with van der Waals surface area (Å²) in [4.78, 5) is 13.7. The molecule has 1 saturated carbocycles. The number of guanidine groups is 1. The lowest BCUT2D eigenvalue weighted by Crippen LogP contribution is -2.45. The Hall–Kier alpha value is -0.740. The van der Waals surface area contributed by atoms with Gasteiger partial charge in [-0.05, 0) is 50.3 Å². The van der Waals surface area contributed by atoms with Gasteiger partial charge in [-0.25, -0.2) is 4.98 Å². The molecule has 3 rings (SSSR count). The fourth-order valence-electron chi connectivity index (χ4n) is 3.64. The molecule has 6 nitrogen and oxygen atoms in total. The summed E-state index contributed by atoms with van der Waals surface area (Å²) in [5.41, 5.74) is 1.24. The van der Waals surface area contributed by atoms with Crippen LogP contribution in [0.5, 0.6) is 0 Å². The van der Waals surface area contributed by atoms with E-state index in [1.54, 1.807) is 0 Å². The maximum absolute atomic E-state index is 4.57. The number of anilines is 1. The van der Waals surface area contributed by atoms with Gasteiger partial charge in [0.2, 0.25) is 0 Å². The zero-order chi connectivity index (χ0) is 18.4. The second-order valence-corrected chi connectivity index (χ2v) is 8.39. The highest BCUT2D eigenvalue weighted by molar-refractivity contribution is 14.0. The number of aromatic nitrogens is 1. The molecule has 152 valence electrons. The number of rotatable bonds is 5. The van der Waals surface area contributed by atoms with Crippen molar-refractivity contribution in [2.75, 3.05) is 51.4 Å². The highest BCUT2D eigenvalue weighted by Crippen LogP contribution is 2.28. The number of likely N-dealkylation sites (N-methyl/N-ethyl adjacent to an activating group) is 1. The van der Waals surface area contributed by atoms with Crippen LogP contribution in [0.4, 0.5) is 5.82 Å². The number of thioether (sulfide) groups is 1. The van der Waals surface area contributed by atoms with Gasteiger partial charge in [-0.15, -0.1) is 24.0 Å². The number of hydrogen-bond donors (Lipinski definition) is 2. The molecule has 2 N–H and O–H groups in total. The highest BCUT2D eigenvalue weighted by atomic mass is 127. The molecule has 2 atom stereocenters. The molecule has 0 radical (unpaired) electrons. The van der Waals surface area contributed by atoms with Gasteiger partial charge in [0, 0.05) is 57.3 Å². The lowest BCUT2D eigenvalue weighted by Gasteiger charge is -2.33. The van der Waals surface area contributed by atoms with E-state index in [1.165, 1.54) is 24.8 Å². The van der Waals surface area contributed by atoms with Crippen molar-refractivity contribution >= 4 is 47.5 Å². The summed E-state index contributed by atoms with van der Waals surface area (Å²) >= 11 is 1.98. The van der Waals surface area contributed by atoms with E-state index in [0.29, 0.717) is 6.04 Å². The summed E-state index contributed by atoms with van der Waals surface area (Å²) in [7, 11) is 4.02. The van der Waals surface area contributed by atoms with E-state index in [4.69, 9.17) is 0 Å². The quantitative estimate of drug-likeness (QED) is 0.365. The van der Waals surface area contributed by atoms with Gasteiger partial charge in [-0.2, -0.15) is 11.8 Å². The predicted octanol–water partition coefficient (Wildman–Crippen LogP) is 2.40. The van der Waals surface area contributed by atoms with Gasteiger partial charge in [0.05, 0.1) is 0 Å². The van der Waals surface area contributed by atoms with E-state index in [2.05, 4.69) is 55.8 Å². The Morgan fingerprint density at radius 2 is 2.07 bits per heavy atom. The smallest absolute Gasteiger partial charge is 0.191 e. The molecule has 1 aliphatic heterocycles.